The Bertz CT molecular complexity index is 1190. The SMILES string of the molecule is C=CCCC(Cc1ccccc1)C(=O)OCC(NC(=O)C(CC=C)CC(=O)N1Cc2ccccc2CC1CO)C(C)C. The Labute approximate surface area is 250 Å². The predicted octanol–water partition coefficient (Wildman–Crippen LogP) is 5.02. The number of benzene rings is 2. The van der Waals surface area contributed by atoms with Crippen LogP contribution in [0.15, 0.2) is 79.9 Å². The van der Waals surface area contributed by atoms with E-state index in [2.05, 4.69) is 18.5 Å². The lowest BCUT2D eigenvalue weighted by Gasteiger charge is -2.36. The summed E-state index contributed by atoms with van der Waals surface area (Å²) >= 11 is 0. The summed E-state index contributed by atoms with van der Waals surface area (Å²) in [6.07, 6.45) is 6.27. The number of carbonyl (C=O) groups is 3. The molecular weight excluding hydrogens is 528 g/mol. The number of aliphatic hydroxyl groups excluding tert-OH is 1. The molecule has 0 saturated heterocycles. The first-order valence-corrected chi connectivity index (χ1v) is 15.0. The van der Waals surface area contributed by atoms with Crippen LogP contribution in [0.5, 0.6) is 0 Å². The summed E-state index contributed by atoms with van der Waals surface area (Å²) in [4.78, 5) is 41.7. The molecule has 3 rings (SSSR count). The van der Waals surface area contributed by atoms with Crippen LogP contribution >= 0.6 is 0 Å². The van der Waals surface area contributed by atoms with E-state index in [1.807, 2.05) is 68.4 Å². The Morgan fingerprint density at radius 2 is 1.71 bits per heavy atom. The first-order valence-electron chi connectivity index (χ1n) is 15.0. The monoisotopic (exact) mass is 574 g/mol. The van der Waals surface area contributed by atoms with Crippen LogP contribution in [0, 0.1) is 17.8 Å². The van der Waals surface area contributed by atoms with Gasteiger partial charge in [0.25, 0.3) is 0 Å². The van der Waals surface area contributed by atoms with Gasteiger partial charge in [-0.3, -0.25) is 14.4 Å². The maximum absolute atomic E-state index is 13.4. The lowest BCUT2D eigenvalue weighted by molar-refractivity contribution is -0.150. The second-order valence-electron chi connectivity index (χ2n) is 11.5. The van der Waals surface area contributed by atoms with Gasteiger partial charge in [-0.05, 0) is 54.7 Å². The van der Waals surface area contributed by atoms with Gasteiger partial charge in [0.15, 0.2) is 0 Å². The first-order chi connectivity index (χ1) is 20.3. The Hall–Kier alpha value is -3.71. The van der Waals surface area contributed by atoms with Crippen molar-refractivity contribution in [2.75, 3.05) is 13.2 Å². The second-order valence-corrected chi connectivity index (χ2v) is 11.5. The fourth-order valence-corrected chi connectivity index (χ4v) is 5.37. The van der Waals surface area contributed by atoms with E-state index in [0.717, 1.165) is 16.7 Å². The van der Waals surface area contributed by atoms with E-state index in [1.54, 1.807) is 17.1 Å². The number of fused-ring (bicyclic) bond motifs is 1. The maximum Gasteiger partial charge on any atom is 0.309 e. The number of aliphatic hydroxyl groups is 1. The molecule has 226 valence electrons. The van der Waals surface area contributed by atoms with E-state index in [0.29, 0.717) is 38.6 Å². The largest absolute Gasteiger partial charge is 0.463 e. The number of ether oxygens (including phenoxy) is 1. The van der Waals surface area contributed by atoms with E-state index in [-0.39, 0.29) is 55.3 Å². The number of hydrogen-bond donors (Lipinski definition) is 2. The zero-order chi connectivity index (χ0) is 30.5. The quantitative estimate of drug-likeness (QED) is 0.217. The van der Waals surface area contributed by atoms with Crippen LogP contribution in [0.1, 0.15) is 56.2 Å². The van der Waals surface area contributed by atoms with Crippen molar-refractivity contribution in [3.8, 4) is 0 Å². The third kappa shape index (κ3) is 9.41. The summed E-state index contributed by atoms with van der Waals surface area (Å²) in [7, 11) is 0. The summed E-state index contributed by atoms with van der Waals surface area (Å²) in [5.74, 6) is -1.68. The molecule has 0 spiro atoms. The number of nitrogens with one attached hydrogen (secondary N) is 1. The fraction of sp³-hybridized carbons (Fsp3) is 0.457. The highest BCUT2D eigenvalue weighted by atomic mass is 16.5. The third-order valence-corrected chi connectivity index (χ3v) is 8.04. The molecule has 1 heterocycles. The molecule has 2 aromatic carbocycles. The van der Waals surface area contributed by atoms with Gasteiger partial charge in [0.1, 0.15) is 6.61 Å². The van der Waals surface area contributed by atoms with Gasteiger partial charge < -0.3 is 20.1 Å². The first kappa shape index (κ1) is 32.8. The molecule has 1 aliphatic heterocycles. The molecule has 4 unspecified atom stereocenters. The molecule has 0 bridgehead atoms. The average molecular weight is 575 g/mol. The molecule has 2 aromatic rings. The van der Waals surface area contributed by atoms with Crippen LogP contribution in [0.25, 0.3) is 0 Å². The number of amides is 2. The summed E-state index contributed by atoms with van der Waals surface area (Å²) in [5.41, 5.74) is 3.25. The van der Waals surface area contributed by atoms with E-state index in [1.165, 1.54) is 0 Å². The normalized spacial score (nSPS) is 16.6. The van der Waals surface area contributed by atoms with Gasteiger partial charge in [-0.25, -0.2) is 0 Å². The van der Waals surface area contributed by atoms with Crippen LogP contribution in [0.2, 0.25) is 0 Å². The lowest BCUT2D eigenvalue weighted by atomic mass is 9.92. The summed E-state index contributed by atoms with van der Waals surface area (Å²) in [6.45, 7) is 11.8. The zero-order valence-corrected chi connectivity index (χ0v) is 25.0. The molecule has 0 radical (unpaired) electrons. The number of rotatable bonds is 16. The summed E-state index contributed by atoms with van der Waals surface area (Å²) in [6, 6.07) is 17.0. The molecule has 0 aliphatic carbocycles. The molecule has 2 N–H and O–H groups in total. The summed E-state index contributed by atoms with van der Waals surface area (Å²) in [5, 5.41) is 13.0. The van der Waals surface area contributed by atoms with Crippen molar-refractivity contribution >= 4 is 17.8 Å². The van der Waals surface area contributed by atoms with E-state index < -0.39 is 12.0 Å². The van der Waals surface area contributed by atoms with E-state index >= 15 is 0 Å². The number of esters is 1. The Morgan fingerprint density at radius 3 is 2.36 bits per heavy atom. The van der Waals surface area contributed by atoms with Gasteiger partial charge in [0.05, 0.1) is 30.5 Å². The number of hydrogen-bond acceptors (Lipinski definition) is 5. The molecule has 7 heteroatoms. The van der Waals surface area contributed by atoms with Crippen molar-refractivity contribution in [1.29, 1.82) is 0 Å². The zero-order valence-electron chi connectivity index (χ0n) is 25.0. The number of allylic oxidation sites excluding steroid dienone is 2. The van der Waals surface area contributed by atoms with Crippen molar-refractivity contribution in [2.45, 2.75) is 71.0 Å². The topological polar surface area (TPSA) is 95.9 Å². The number of carbonyl (C=O) groups excluding carboxylic acids is 3. The molecule has 1 aliphatic rings. The van der Waals surface area contributed by atoms with Gasteiger partial charge in [0.2, 0.25) is 11.8 Å². The van der Waals surface area contributed by atoms with Gasteiger partial charge >= 0.3 is 5.97 Å². The Balaban J connectivity index is 1.63. The molecule has 42 heavy (non-hydrogen) atoms. The molecule has 0 saturated carbocycles. The van der Waals surface area contributed by atoms with Crippen LogP contribution in [0.3, 0.4) is 0 Å². The van der Waals surface area contributed by atoms with Crippen molar-refractivity contribution in [2.24, 2.45) is 17.8 Å². The number of nitrogens with zero attached hydrogens (tertiary/aromatic N) is 1. The Morgan fingerprint density at radius 1 is 1.02 bits per heavy atom. The second kappa shape index (κ2) is 16.7. The van der Waals surface area contributed by atoms with Crippen LogP contribution in [-0.4, -0.2) is 53.1 Å². The minimum absolute atomic E-state index is 0.0000495. The lowest BCUT2D eigenvalue weighted by Crippen LogP contribution is -2.49. The third-order valence-electron chi connectivity index (χ3n) is 8.04. The average Bonchev–Trinajstić information content (AvgIpc) is 3.00. The smallest absolute Gasteiger partial charge is 0.309 e. The fourth-order valence-electron chi connectivity index (χ4n) is 5.37. The van der Waals surface area contributed by atoms with Gasteiger partial charge in [0, 0.05) is 13.0 Å². The van der Waals surface area contributed by atoms with Crippen LogP contribution in [0.4, 0.5) is 0 Å². The summed E-state index contributed by atoms with van der Waals surface area (Å²) < 4.78 is 5.76. The molecular formula is C35H46N2O5. The molecule has 2 amide bonds. The predicted molar refractivity (Wildman–Crippen MR) is 165 cm³/mol. The van der Waals surface area contributed by atoms with E-state index in [9.17, 15) is 19.5 Å². The standard InChI is InChI=1S/C35H46N2O5/c1-5-7-16-29(19-26-14-9-8-10-15-26)35(41)42-24-32(25(3)4)36-34(40)28(13-6-2)21-33(39)37-22-30-18-12-11-17-27(30)20-31(37)23-38/h5-6,8-12,14-15,17-18,25,28-29,31-32,38H,1-2,7,13,16,19-24H2,3-4H3,(H,36,40). The van der Waals surface area contributed by atoms with Gasteiger partial charge in [-0.15, -0.1) is 13.2 Å². The molecule has 4 atom stereocenters. The van der Waals surface area contributed by atoms with E-state index in [4.69, 9.17) is 4.74 Å². The van der Waals surface area contributed by atoms with Crippen molar-refractivity contribution in [3.05, 3.63) is 96.6 Å². The molecule has 7 nitrogen and oxygen atoms in total. The molecule has 0 fully saturated rings. The maximum atomic E-state index is 13.4. The Kier molecular flexibility index (Phi) is 13.0. The minimum atomic E-state index is -0.623. The van der Waals surface area contributed by atoms with Crippen molar-refractivity contribution < 1.29 is 24.2 Å². The highest BCUT2D eigenvalue weighted by Crippen LogP contribution is 2.25. The molecule has 0 aromatic heterocycles. The van der Waals surface area contributed by atoms with Crippen molar-refractivity contribution in [1.82, 2.24) is 10.2 Å². The van der Waals surface area contributed by atoms with Gasteiger partial charge in [-0.2, -0.15) is 0 Å². The van der Waals surface area contributed by atoms with Crippen LogP contribution in [-0.2, 0) is 38.5 Å². The highest BCUT2D eigenvalue weighted by Gasteiger charge is 2.33. The van der Waals surface area contributed by atoms with Crippen LogP contribution < -0.4 is 5.32 Å². The van der Waals surface area contributed by atoms with Crippen molar-refractivity contribution in [3.63, 3.8) is 0 Å². The highest BCUT2D eigenvalue weighted by molar-refractivity contribution is 5.86. The van der Waals surface area contributed by atoms with Gasteiger partial charge in [-0.1, -0.05) is 80.6 Å². The minimum Gasteiger partial charge on any atom is -0.463 e.